The average Bonchev–Trinajstić information content (AvgIpc) is 2.84. The van der Waals surface area contributed by atoms with Gasteiger partial charge in [-0.2, -0.15) is 0 Å². The SMILES string of the molecule is BC(=O)NCc1ccc(N2CC[C@H](OC(C)=O)C2)cc1. The van der Waals surface area contributed by atoms with Crippen LogP contribution < -0.4 is 10.2 Å². The van der Waals surface area contributed by atoms with Crippen molar-refractivity contribution in [2.75, 3.05) is 18.0 Å². The van der Waals surface area contributed by atoms with Crippen LogP contribution in [0.5, 0.6) is 0 Å². The minimum atomic E-state index is -0.220. The van der Waals surface area contributed by atoms with E-state index in [0.717, 1.165) is 30.8 Å². The zero-order valence-corrected chi connectivity index (χ0v) is 11.9. The Morgan fingerprint density at radius 2 is 2.10 bits per heavy atom. The molecule has 0 bridgehead atoms. The van der Waals surface area contributed by atoms with Crippen molar-refractivity contribution in [1.82, 2.24) is 5.32 Å². The first kappa shape index (κ1) is 14.4. The topological polar surface area (TPSA) is 58.6 Å². The number of esters is 1. The number of hydrogen-bond acceptors (Lipinski definition) is 4. The quantitative estimate of drug-likeness (QED) is 0.647. The highest BCUT2D eigenvalue weighted by Gasteiger charge is 2.24. The molecule has 6 heteroatoms. The summed E-state index contributed by atoms with van der Waals surface area (Å²) in [5.41, 5.74) is 2.19. The van der Waals surface area contributed by atoms with Crippen LogP contribution in [0.3, 0.4) is 0 Å². The van der Waals surface area contributed by atoms with E-state index in [4.69, 9.17) is 4.74 Å². The molecule has 1 aromatic rings. The molecule has 1 atom stereocenters. The van der Waals surface area contributed by atoms with Crippen molar-refractivity contribution in [2.45, 2.75) is 26.0 Å². The lowest BCUT2D eigenvalue weighted by molar-refractivity contribution is -0.145. The first-order valence-electron chi connectivity index (χ1n) is 6.80. The van der Waals surface area contributed by atoms with Crippen molar-refractivity contribution >= 4 is 25.3 Å². The van der Waals surface area contributed by atoms with E-state index in [-0.39, 0.29) is 17.9 Å². The fraction of sp³-hybridized carbons (Fsp3) is 0.429. The first-order chi connectivity index (χ1) is 9.54. The van der Waals surface area contributed by atoms with Gasteiger partial charge in [-0.25, -0.2) is 0 Å². The molecule has 0 saturated carbocycles. The van der Waals surface area contributed by atoms with E-state index >= 15 is 0 Å². The Balaban J connectivity index is 1.90. The summed E-state index contributed by atoms with van der Waals surface area (Å²) >= 11 is 0. The van der Waals surface area contributed by atoms with Crippen molar-refractivity contribution in [2.24, 2.45) is 0 Å². The molecule has 1 aliphatic rings. The van der Waals surface area contributed by atoms with Crippen LogP contribution in [0, 0.1) is 0 Å². The molecule has 20 heavy (non-hydrogen) atoms. The molecule has 1 aliphatic heterocycles. The molecule has 1 heterocycles. The van der Waals surface area contributed by atoms with Crippen molar-refractivity contribution in [1.29, 1.82) is 0 Å². The van der Waals surface area contributed by atoms with Gasteiger partial charge in [0, 0.05) is 32.1 Å². The van der Waals surface area contributed by atoms with Crippen LogP contribution in [0.25, 0.3) is 0 Å². The van der Waals surface area contributed by atoms with E-state index in [1.54, 1.807) is 0 Å². The molecule has 0 aliphatic carbocycles. The lowest BCUT2D eigenvalue weighted by Crippen LogP contribution is -2.24. The van der Waals surface area contributed by atoms with Crippen molar-refractivity contribution < 1.29 is 14.3 Å². The Hall–Kier alpha value is -1.98. The number of hydrogen-bond donors (Lipinski definition) is 1. The van der Waals surface area contributed by atoms with Gasteiger partial charge in [-0.05, 0) is 17.7 Å². The summed E-state index contributed by atoms with van der Waals surface area (Å²) in [5, 5.41) is 2.77. The highest BCUT2D eigenvalue weighted by atomic mass is 16.5. The Morgan fingerprint density at radius 1 is 1.40 bits per heavy atom. The maximum absolute atomic E-state index is 10.9. The Labute approximate surface area is 119 Å². The van der Waals surface area contributed by atoms with Gasteiger partial charge in [-0.1, -0.05) is 12.1 Å². The smallest absolute Gasteiger partial charge is 0.302 e. The summed E-state index contributed by atoms with van der Waals surface area (Å²) < 4.78 is 5.22. The maximum Gasteiger partial charge on any atom is 0.302 e. The molecule has 0 radical (unpaired) electrons. The van der Waals surface area contributed by atoms with E-state index in [1.807, 2.05) is 24.3 Å². The summed E-state index contributed by atoms with van der Waals surface area (Å²) in [6.07, 6.45) is 0.860. The molecule has 0 unspecified atom stereocenters. The normalized spacial score (nSPS) is 17.9. The zero-order chi connectivity index (χ0) is 14.5. The highest BCUT2D eigenvalue weighted by molar-refractivity contribution is 6.57. The van der Waals surface area contributed by atoms with E-state index in [0.29, 0.717) is 6.54 Å². The van der Waals surface area contributed by atoms with Gasteiger partial charge in [0.2, 0.25) is 7.85 Å². The van der Waals surface area contributed by atoms with Gasteiger partial charge >= 0.3 is 5.97 Å². The van der Waals surface area contributed by atoms with Gasteiger partial charge in [0.05, 0.1) is 6.54 Å². The predicted molar refractivity (Wildman–Crippen MR) is 79.6 cm³/mol. The molecular formula is C14H19BN2O3. The summed E-state index contributed by atoms with van der Waals surface area (Å²) in [6, 6.07) is 8.08. The second-order valence-corrected chi connectivity index (χ2v) is 5.04. The van der Waals surface area contributed by atoms with E-state index in [2.05, 4.69) is 10.2 Å². The second kappa shape index (κ2) is 6.46. The number of anilines is 1. The molecular weight excluding hydrogens is 255 g/mol. The Bertz CT molecular complexity index is 490. The molecule has 1 saturated heterocycles. The van der Waals surface area contributed by atoms with E-state index in [9.17, 15) is 9.59 Å². The summed E-state index contributed by atoms with van der Waals surface area (Å²) in [5.74, 6) is -0.250. The number of amides is 1. The molecule has 2 rings (SSSR count). The Morgan fingerprint density at radius 3 is 2.70 bits per heavy atom. The third-order valence-electron chi connectivity index (χ3n) is 3.32. The standard InChI is InChI=1S/C14H19BN2O3/c1-10(18)20-13-6-7-17(9-13)12-4-2-11(3-5-12)8-16-14(15)19/h2-5,13H,6-9,15H2,1H3,(H,16,19)/t13-/m0/s1. The van der Waals surface area contributed by atoms with Gasteiger partial charge in [0.15, 0.2) is 5.81 Å². The van der Waals surface area contributed by atoms with Gasteiger partial charge < -0.3 is 15.0 Å². The van der Waals surface area contributed by atoms with Crippen LogP contribution in [0.4, 0.5) is 10.5 Å². The van der Waals surface area contributed by atoms with Gasteiger partial charge in [-0.3, -0.25) is 9.59 Å². The van der Waals surface area contributed by atoms with Crippen LogP contribution in [0.2, 0.25) is 0 Å². The molecule has 1 amide bonds. The number of nitrogens with one attached hydrogen (secondary N) is 1. The largest absolute Gasteiger partial charge is 0.461 e. The van der Waals surface area contributed by atoms with Crippen LogP contribution in [0.1, 0.15) is 18.9 Å². The first-order valence-corrected chi connectivity index (χ1v) is 6.80. The zero-order valence-electron chi connectivity index (χ0n) is 11.9. The van der Waals surface area contributed by atoms with Gasteiger partial charge in [0.25, 0.3) is 0 Å². The minimum Gasteiger partial charge on any atom is -0.461 e. The number of carbonyl (C=O) groups is 2. The van der Waals surface area contributed by atoms with Crippen LogP contribution in [-0.2, 0) is 16.1 Å². The third-order valence-corrected chi connectivity index (χ3v) is 3.32. The predicted octanol–water partition coefficient (Wildman–Crippen LogP) is 0.671. The molecule has 1 fully saturated rings. The number of rotatable bonds is 4. The summed E-state index contributed by atoms with van der Waals surface area (Å²) in [6.45, 7) is 3.62. The number of ether oxygens (including phenoxy) is 1. The number of carbonyl (C=O) groups excluding carboxylic acids is 2. The third kappa shape index (κ3) is 4.01. The number of benzene rings is 1. The fourth-order valence-corrected chi connectivity index (χ4v) is 2.34. The molecule has 1 aromatic carbocycles. The molecule has 5 nitrogen and oxygen atoms in total. The van der Waals surface area contributed by atoms with Crippen molar-refractivity contribution in [3.8, 4) is 0 Å². The van der Waals surface area contributed by atoms with Gasteiger partial charge in [0.1, 0.15) is 6.10 Å². The fourth-order valence-electron chi connectivity index (χ4n) is 2.34. The molecule has 0 aromatic heterocycles. The monoisotopic (exact) mass is 274 g/mol. The molecule has 0 spiro atoms. The van der Waals surface area contributed by atoms with Crippen molar-refractivity contribution in [3.63, 3.8) is 0 Å². The number of nitrogens with zero attached hydrogens (tertiary/aromatic N) is 1. The van der Waals surface area contributed by atoms with Crippen molar-refractivity contribution in [3.05, 3.63) is 29.8 Å². The maximum atomic E-state index is 10.9. The lowest BCUT2D eigenvalue weighted by Gasteiger charge is -2.18. The lowest BCUT2D eigenvalue weighted by atomic mass is 10.1. The van der Waals surface area contributed by atoms with E-state index in [1.165, 1.54) is 14.8 Å². The molecule has 106 valence electrons. The van der Waals surface area contributed by atoms with Crippen LogP contribution in [-0.4, -0.2) is 38.8 Å². The van der Waals surface area contributed by atoms with Crippen LogP contribution in [0.15, 0.2) is 24.3 Å². The summed E-state index contributed by atoms with van der Waals surface area (Å²) in [7, 11) is 1.51. The second-order valence-electron chi connectivity index (χ2n) is 5.04. The van der Waals surface area contributed by atoms with E-state index < -0.39 is 0 Å². The summed E-state index contributed by atoms with van der Waals surface area (Å²) in [4.78, 5) is 24.0. The minimum absolute atomic E-state index is 0.00782. The van der Waals surface area contributed by atoms with Crippen LogP contribution >= 0.6 is 0 Å². The molecule has 1 N–H and O–H groups in total. The average molecular weight is 274 g/mol. The Kier molecular flexibility index (Phi) is 4.66. The van der Waals surface area contributed by atoms with Gasteiger partial charge in [-0.15, -0.1) is 0 Å². The highest BCUT2D eigenvalue weighted by Crippen LogP contribution is 2.22.